The Morgan fingerprint density at radius 2 is 1.97 bits per heavy atom. The normalized spacial score (nSPS) is 11.8. The van der Waals surface area contributed by atoms with Crippen LogP contribution in [0.25, 0.3) is 22.6 Å². The molecule has 1 amide bonds. The van der Waals surface area contributed by atoms with E-state index in [4.69, 9.17) is 11.6 Å². The first-order valence-electron chi connectivity index (χ1n) is 8.00. The molecule has 29 heavy (non-hydrogen) atoms. The van der Waals surface area contributed by atoms with Gasteiger partial charge in [0.05, 0.1) is 16.1 Å². The van der Waals surface area contributed by atoms with Crippen molar-refractivity contribution in [1.82, 2.24) is 15.0 Å². The number of nitrogens with zero attached hydrogens (tertiary/aromatic N) is 2. The first-order valence-corrected chi connectivity index (χ1v) is 8.38. The number of furan rings is 1. The maximum atomic E-state index is 12.9. The Kier molecular flexibility index (Phi) is 4.50. The Balaban J connectivity index is 1.67. The predicted octanol–water partition coefficient (Wildman–Crippen LogP) is 5.28. The highest BCUT2D eigenvalue weighted by molar-refractivity contribution is 6.33. The predicted molar refractivity (Wildman–Crippen MR) is 96.0 cm³/mol. The lowest BCUT2D eigenvalue weighted by Gasteiger charge is -2.07. The van der Waals surface area contributed by atoms with Gasteiger partial charge in [0.15, 0.2) is 11.4 Å². The average Bonchev–Trinajstić information content (AvgIpc) is 3.28. The van der Waals surface area contributed by atoms with Gasteiger partial charge in [0.2, 0.25) is 0 Å². The fraction of sp³-hybridized carbons (Fsp3) is 0.0556. The van der Waals surface area contributed by atoms with Crippen molar-refractivity contribution in [3.8, 4) is 11.4 Å². The van der Waals surface area contributed by atoms with Crippen LogP contribution in [0.4, 0.5) is 23.2 Å². The molecule has 3 heterocycles. The third-order valence-electron chi connectivity index (χ3n) is 3.94. The summed E-state index contributed by atoms with van der Waals surface area (Å²) in [5.41, 5.74) is -0.161. The number of rotatable bonds is 3. The molecule has 0 aliphatic carbocycles. The van der Waals surface area contributed by atoms with Crippen molar-refractivity contribution in [3.63, 3.8) is 0 Å². The van der Waals surface area contributed by atoms with E-state index in [1.807, 2.05) is 0 Å². The van der Waals surface area contributed by atoms with E-state index in [0.717, 1.165) is 12.1 Å². The van der Waals surface area contributed by atoms with Crippen LogP contribution in [0.5, 0.6) is 0 Å². The van der Waals surface area contributed by atoms with Crippen molar-refractivity contribution in [3.05, 3.63) is 65.0 Å². The molecule has 0 unspecified atom stereocenters. The largest absolute Gasteiger partial charge is 0.426 e. The summed E-state index contributed by atoms with van der Waals surface area (Å²) in [5, 5.41) is 2.75. The first kappa shape index (κ1) is 18.9. The second-order valence-electron chi connectivity index (χ2n) is 5.93. The van der Waals surface area contributed by atoms with E-state index >= 15 is 0 Å². The van der Waals surface area contributed by atoms with Gasteiger partial charge in [-0.1, -0.05) is 11.6 Å². The molecule has 148 valence electrons. The lowest BCUT2D eigenvalue weighted by atomic mass is 10.2. The molecule has 11 heteroatoms. The molecule has 0 saturated carbocycles. The van der Waals surface area contributed by atoms with Crippen molar-refractivity contribution in [2.24, 2.45) is 0 Å². The van der Waals surface area contributed by atoms with Crippen LogP contribution in [0.2, 0.25) is 5.02 Å². The number of imidazole rings is 1. The lowest BCUT2D eigenvalue weighted by molar-refractivity contribution is -0.137. The van der Waals surface area contributed by atoms with E-state index < -0.39 is 23.7 Å². The number of carbonyl (C=O) groups is 1. The summed E-state index contributed by atoms with van der Waals surface area (Å²) >= 11 is 6.18. The van der Waals surface area contributed by atoms with E-state index in [-0.39, 0.29) is 33.5 Å². The van der Waals surface area contributed by atoms with Crippen molar-refractivity contribution >= 4 is 34.4 Å². The number of fused-ring (bicyclic) bond motifs is 1. The molecular formula is C18H9ClF4N4O2. The van der Waals surface area contributed by atoms with E-state index in [1.165, 1.54) is 24.3 Å². The summed E-state index contributed by atoms with van der Waals surface area (Å²) in [6, 6.07) is 6.58. The summed E-state index contributed by atoms with van der Waals surface area (Å²) in [5.74, 6) is -0.758. The van der Waals surface area contributed by atoms with Gasteiger partial charge in [-0.25, -0.2) is 9.97 Å². The number of nitrogens with one attached hydrogen (secondary N) is 2. The Morgan fingerprint density at radius 1 is 1.17 bits per heavy atom. The number of hydrogen-bond acceptors (Lipinski definition) is 4. The van der Waals surface area contributed by atoms with Gasteiger partial charge in [-0.15, -0.1) is 0 Å². The Labute approximate surface area is 164 Å². The summed E-state index contributed by atoms with van der Waals surface area (Å²) in [6.45, 7) is 0. The Morgan fingerprint density at radius 3 is 2.66 bits per heavy atom. The van der Waals surface area contributed by atoms with Crippen LogP contribution in [0.3, 0.4) is 0 Å². The summed E-state index contributed by atoms with van der Waals surface area (Å²) in [6.07, 6.45) is -3.85. The van der Waals surface area contributed by atoms with Crippen LogP contribution in [-0.2, 0) is 6.18 Å². The van der Waals surface area contributed by atoms with Crippen LogP contribution in [0.1, 0.15) is 16.1 Å². The Bertz CT molecular complexity index is 1230. The van der Waals surface area contributed by atoms with E-state index in [2.05, 4.69) is 24.7 Å². The second kappa shape index (κ2) is 6.89. The third kappa shape index (κ3) is 3.79. The summed E-state index contributed by atoms with van der Waals surface area (Å²) in [7, 11) is 0. The standard InChI is InChI=1S/C18H9ClF4N4O2/c19-11-2-1-9(25-17(28)13-3-4-14(20)29-13)6-10(11)15-26-12-5-8(18(21,22)23)7-24-16(12)27-15/h1-7H,(H,25,28)(H,24,26,27). The zero-order valence-corrected chi connectivity index (χ0v) is 14.9. The van der Waals surface area contributed by atoms with E-state index in [9.17, 15) is 22.4 Å². The molecule has 6 nitrogen and oxygen atoms in total. The SMILES string of the molecule is O=C(Nc1ccc(Cl)c(-c2nc3ncc(C(F)(F)F)cc3[nH]2)c1)c1ccc(F)o1. The first-order chi connectivity index (χ1) is 13.7. The van der Waals surface area contributed by atoms with Crippen LogP contribution >= 0.6 is 11.6 Å². The maximum absolute atomic E-state index is 12.9. The molecule has 4 rings (SSSR count). The molecule has 0 aliphatic heterocycles. The maximum Gasteiger partial charge on any atom is 0.417 e. The van der Waals surface area contributed by atoms with Gasteiger partial charge in [0.1, 0.15) is 5.82 Å². The monoisotopic (exact) mass is 424 g/mol. The average molecular weight is 425 g/mol. The molecule has 1 aromatic carbocycles. The van der Waals surface area contributed by atoms with Crippen LogP contribution in [-0.4, -0.2) is 20.9 Å². The molecule has 4 aromatic rings. The fourth-order valence-corrected chi connectivity index (χ4v) is 2.80. The molecule has 0 fully saturated rings. The number of pyridine rings is 1. The van der Waals surface area contributed by atoms with Crippen LogP contribution in [0, 0.1) is 6.01 Å². The van der Waals surface area contributed by atoms with Gasteiger partial charge in [-0.05, 0) is 30.3 Å². The number of H-pyrrole nitrogens is 1. The van der Waals surface area contributed by atoms with Gasteiger partial charge in [0, 0.05) is 23.5 Å². The molecule has 0 aliphatic rings. The number of amides is 1. The van der Waals surface area contributed by atoms with Crippen molar-refractivity contribution in [2.75, 3.05) is 5.32 Å². The number of aromatic nitrogens is 3. The molecule has 2 N–H and O–H groups in total. The highest BCUT2D eigenvalue weighted by Crippen LogP contribution is 2.33. The zero-order valence-electron chi connectivity index (χ0n) is 14.1. The second-order valence-corrected chi connectivity index (χ2v) is 6.34. The van der Waals surface area contributed by atoms with Crippen LogP contribution in [0.15, 0.2) is 47.0 Å². The van der Waals surface area contributed by atoms with Crippen molar-refractivity contribution < 1.29 is 26.8 Å². The fourth-order valence-electron chi connectivity index (χ4n) is 2.60. The van der Waals surface area contributed by atoms with Gasteiger partial charge in [-0.2, -0.15) is 17.6 Å². The van der Waals surface area contributed by atoms with E-state index in [1.54, 1.807) is 0 Å². The minimum atomic E-state index is -4.54. The van der Waals surface area contributed by atoms with Gasteiger partial charge in [-0.3, -0.25) is 4.79 Å². The number of anilines is 1. The molecular weight excluding hydrogens is 416 g/mol. The third-order valence-corrected chi connectivity index (χ3v) is 4.27. The zero-order chi connectivity index (χ0) is 20.8. The minimum absolute atomic E-state index is 0.0737. The summed E-state index contributed by atoms with van der Waals surface area (Å²) in [4.78, 5) is 22.7. The van der Waals surface area contributed by atoms with E-state index in [0.29, 0.717) is 11.8 Å². The van der Waals surface area contributed by atoms with Crippen LogP contribution < -0.4 is 5.32 Å². The number of aromatic amines is 1. The summed E-state index contributed by atoms with van der Waals surface area (Å²) < 4.78 is 56.1. The lowest BCUT2D eigenvalue weighted by Crippen LogP contribution is -2.10. The number of benzene rings is 1. The van der Waals surface area contributed by atoms with Gasteiger partial charge < -0.3 is 14.7 Å². The number of halogens is 5. The van der Waals surface area contributed by atoms with Crippen molar-refractivity contribution in [1.29, 1.82) is 0 Å². The molecule has 0 bridgehead atoms. The van der Waals surface area contributed by atoms with Gasteiger partial charge in [0.25, 0.3) is 11.9 Å². The van der Waals surface area contributed by atoms with Crippen molar-refractivity contribution in [2.45, 2.75) is 6.18 Å². The highest BCUT2D eigenvalue weighted by atomic mass is 35.5. The molecule has 3 aromatic heterocycles. The molecule has 0 atom stereocenters. The number of alkyl halides is 3. The van der Waals surface area contributed by atoms with Gasteiger partial charge >= 0.3 is 6.18 Å². The topological polar surface area (TPSA) is 83.8 Å². The molecule has 0 saturated heterocycles. The molecule has 0 radical (unpaired) electrons. The number of carbonyl (C=O) groups excluding carboxylic acids is 1. The quantitative estimate of drug-likeness (QED) is 0.438. The molecule has 0 spiro atoms. The number of hydrogen-bond donors (Lipinski definition) is 2. The highest BCUT2D eigenvalue weighted by Gasteiger charge is 2.31. The minimum Gasteiger partial charge on any atom is -0.426 e. The Hall–Kier alpha value is -3.40. The smallest absolute Gasteiger partial charge is 0.417 e.